The lowest BCUT2D eigenvalue weighted by atomic mass is 10.2. The molecule has 0 aromatic heterocycles. The van der Waals surface area contributed by atoms with Gasteiger partial charge in [-0.15, -0.1) is 0 Å². The summed E-state index contributed by atoms with van der Waals surface area (Å²) in [5.41, 5.74) is 0.203. The first-order valence-electron chi connectivity index (χ1n) is 4.75. The maximum absolute atomic E-state index is 13.6. The predicted molar refractivity (Wildman–Crippen MR) is 56.9 cm³/mol. The average molecular weight is 240 g/mol. The predicted octanol–water partition coefficient (Wildman–Crippen LogP) is 1.24. The van der Waals surface area contributed by atoms with Gasteiger partial charge in [0.05, 0.1) is 23.1 Å². The van der Waals surface area contributed by atoms with E-state index in [1.54, 1.807) is 6.07 Å². The number of hydrogen-bond donors (Lipinski definition) is 0. The van der Waals surface area contributed by atoms with Crippen molar-refractivity contribution in [3.63, 3.8) is 0 Å². The van der Waals surface area contributed by atoms with Crippen LogP contribution in [0.5, 0.6) is 0 Å². The lowest BCUT2D eigenvalue weighted by molar-refractivity contribution is 0.595. The van der Waals surface area contributed by atoms with Gasteiger partial charge in [0.2, 0.25) is 10.0 Å². The summed E-state index contributed by atoms with van der Waals surface area (Å²) in [6.45, 7) is 0.297. The molecule has 6 heteroatoms. The summed E-state index contributed by atoms with van der Waals surface area (Å²) in [5, 5.41) is 8.57. The normalized spacial score (nSPS) is 18.4. The van der Waals surface area contributed by atoms with Crippen molar-refractivity contribution in [3.8, 4) is 6.07 Å². The highest BCUT2D eigenvalue weighted by Crippen LogP contribution is 2.27. The van der Waals surface area contributed by atoms with E-state index in [9.17, 15) is 12.8 Å². The van der Waals surface area contributed by atoms with E-state index in [1.807, 2.05) is 0 Å². The minimum absolute atomic E-state index is 0.0245. The summed E-state index contributed by atoms with van der Waals surface area (Å²) >= 11 is 0. The monoisotopic (exact) mass is 240 g/mol. The Bertz CT molecular complexity index is 563. The van der Waals surface area contributed by atoms with Crippen LogP contribution in [0.3, 0.4) is 0 Å². The molecule has 84 valence electrons. The second-order valence-corrected chi connectivity index (χ2v) is 5.53. The van der Waals surface area contributed by atoms with Crippen molar-refractivity contribution in [1.29, 1.82) is 5.26 Å². The Morgan fingerprint density at radius 3 is 2.69 bits per heavy atom. The van der Waals surface area contributed by atoms with Gasteiger partial charge < -0.3 is 0 Å². The first-order valence-corrected chi connectivity index (χ1v) is 6.35. The maximum atomic E-state index is 13.6. The molecule has 0 radical (unpaired) electrons. The summed E-state index contributed by atoms with van der Waals surface area (Å²) in [5.74, 6) is -0.628. The van der Waals surface area contributed by atoms with E-state index in [-0.39, 0.29) is 17.0 Å². The Morgan fingerprint density at radius 1 is 1.44 bits per heavy atom. The fourth-order valence-corrected chi connectivity index (χ4v) is 3.26. The first kappa shape index (κ1) is 10.9. The molecule has 0 N–H and O–H groups in total. The molecular formula is C10H9FN2O2S. The molecule has 0 bridgehead atoms. The molecule has 1 fully saturated rings. The van der Waals surface area contributed by atoms with Gasteiger partial charge in [0.25, 0.3) is 0 Å². The minimum Gasteiger partial charge on any atom is -0.267 e. The molecule has 0 unspecified atom stereocenters. The van der Waals surface area contributed by atoms with Crippen LogP contribution in [-0.4, -0.2) is 20.7 Å². The number of benzene rings is 1. The molecule has 0 amide bonds. The number of hydrogen-bond acceptors (Lipinski definition) is 3. The Balaban J connectivity index is 2.46. The van der Waals surface area contributed by atoms with Crippen LogP contribution in [0, 0.1) is 17.1 Å². The zero-order chi connectivity index (χ0) is 11.8. The number of sulfonamides is 1. The Kier molecular flexibility index (Phi) is 2.56. The third-order valence-corrected chi connectivity index (χ3v) is 4.30. The van der Waals surface area contributed by atoms with Gasteiger partial charge in [-0.25, -0.2) is 12.8 Å². The SMILES string of the molecule is N#Cc1ccc(N2CCCS2(=O)=O)c(F)c1. The summed E-state index contributed by atoms with van der Waals surface area (Å²) in [4.78, 5) is 0. The van der Waals surface area contributed by atoms with Crippen molar-refractivity contribution < 1.29 is 12.8 Å². The van der Waals surface area contributed by atoms with Gasteiger partial charge in [0.15, 0.2) is 0 Å². The van der Waals surface area contributed by atoms with Gasteiger partial charge >= 0.3 is 0 Å². The van der Waals surface area contributed by atoms with Gasteiger partial charge in [-0.05, 0) is 24.6 Å². The Labute approximate surface area is 93.0 Å². The van der Waals surface area contributed by atoms with Crippen LogP contribution in [0.4, 0.5) is 10.1 Å². The van der Waals surface area contributed by atoms with Gasteiger partial charge in [-0.1, -0.05) is 0 Å². The van der Waals surface area contributed by atoms with Crippen LogP contribution < -0.4 is 4.31 Å². The fourth-order valence-electron chi connectivity index (χ4n) is 1.69. The fraction of sp³-hybridized carbons (Fsp3) is 0.300. The van der Waals surface area contributed by atoms with Crippen LogP contribution in [0.1, 0.15) is 12.0 Å². The molecule has 0 saturated carbocycles. The highest BCUT2D eigenvalue weighted by molar-refractivity contribution is 7.93. The molecular weight excluding hydrogens is 231 g/mol. The van der Waals surface area contributed by atoms with Crippen LogP contribution in [0.25, 0.3) is 0 Å². The van der Waals surface area contributed by atoms with Gasteiger partial charge in [0, 0.05) is 6.54 Å². The first-order chi connectivity index (χ1) is 7.54. The topological polar surface area (TPSA) is 61.2 Å². The standard InChI is InChI=1S/C10H9FN2O2S/c11-9-6-8(7-12)2-3-10(9)13-4-1-5-16(13,14)15/h2-3,6H,1,4-5H2. The highest BCUT2D eigenvalue weighted by atomic mass is 32.2. The van der Waals surface area contributed by atoms with Gasteiger partial charge in [-0.3, -0.25) is 4.31 Å². The van der Waals surface area contributed by atoms with Gasteiger partial charge in [-0.2, -0.15) is 5.26 Å². The average Bonchev–Trinajstić information content (AvgIpc) is 2.58. The van der Waals surface area contributed by atoms with Crippen molar-refractivity contribution in [1.82, 2.24) is 0 Å². The number of nitrogens with zero attached hydrogens (tertiary/aromatic N) is 2. The molecule has 1 aliphatic rings. The zero-order valence-electron chi connectivity index (χ0n) is 8.35. The van der Waals surface area contributed by atoms with E-state index in [1.165, 1.54) is 12.1 Å². The number of halogens is 1. The van der Waals surface area contributed by atoms with E-state index in [4.69, 9.17) is 5.26 Å². The number of rotatable bonds is 1. The van der Waals surface area contributed by atoms with Crippen molar-refractivity contribution in [2.24, 2.45) is 0 Å². The van der Waals surface area contributed by atoms with Crippen LogP contribution in [0.15, 0.2) is 18.2 Å². The second-order valence-electron chi connectivity index (χ2n) is 3.52. The molecule has 4 nitrogen and oxygen atoms in total. The number of nitriles is 1. The van der Waals surface area contributed by atoms with Crippen LogP contribution >= 0.6 is 0 Å². The summed E-state index contributed by atoms with van der Waals surface area (Å²) in [7, 11) is -3.37. The van der Waals surface area contributed by atoms with Crippen molar-refractivity contribution in [2.75, 3.05) is 16.6 Å². The molecule has 0 aliphatic carbocycles. The lowest BCUT2D eigenvalue weighted by Crippen LogP contribution is -2.26. The third-order valence-electron chi connectivity index (χ3n) is 2.44. The highest BCUT2D eigenvalue weighted by Gasteiger charge is 2.30. The maximum Gasteiger partial charge on any atom is 0.235 e. The molecule has 0 atom stereocenters. The number of anilines is 1. The minimum atomic E-state index is -3.37. The molecule has 0 spiro atoms. The summed E-state index contributed by atoms with van der Waals surface area (Å²) in [6, 6.07) is 5.58. The molecule has 1 saturated heterocycles. The Hall–Kier alpha value is -1.61. The van der Waals surface area contributed by atoms with E-state index in [0.29, 0.717) is 13.0 Å². The van der Waals surface area contributed by atoms with E-state index >= 15 is 0 Å². The zero-order valence-corrected chi connectivity index (χ0v) is 9.17. The van der Waals surface area contributed by atoms with Crippen molar-refractivity contribution in [3.05, 3.63) is 29.6 Å². The molecule has 2 rings (SSSR count). The quantitative estimate of drug-likeness (QED) is 0.742. The molecule has 1 aliphatic heterocycles. The summed E-state index contributed by atoms with van der Waals surface area (Å²) in [6.07, 6.45) is 0.502. The summed E-state index contributed by atoms with van der Waals surface area (Å²) < 4.78 is 37.8. The molecule has 1 aromatic carbocycles. The Morgan fingerprint density at radius 2 is 2.19 bits per heavy atom. The van der Waals surface area contributed by atoms with Crippen molar-refractivity contribution >= 4 is 15.7 Å². The lowest BCUT2D eigenvalue weighted by Gasteiger charge is -2.17. The molecule has 1 heterocycles. The molecule has 1 aromatic rings. The van der Waals surface area contributed by atoms with Crippen LogP contribution in [0.2, 0.25) is 0 Å². The molecule has 16 heavy (non-hydrogen) atoms. The van der Waals surface area contributed by atoms with Crippen LogP contribution in [-0.2, 0) is 10.0 Å². The largest absolute Gasteiger partial charge is 0.267 e. The van der Waals surface area contributed by atoms with Gasteiger partial charge in [0.1, 0.15) is 5.82 Å². The van der Waals surface area contributed by atoms with E-state index < -0.39 is 15.8 Å². The van der Waals surface area contributed by atoms with E-state index in [0.717, 1.165) is 10.4 Å². The second kappa shape index (κ2) is 3.76. The third kappa shape index (κ3) is 1.74. The smallest absolute Gasteiger partial charge is 0.235 e. The van der Waals surface area contributed by atoms with E-state index in [2.05, 4.69) is 0 Å². The van der Waals surface area contributed by atoms with Crippen molar-refractivity contribution in [2.45, 2.75) is 6.42 Å².